The van der Waals surface area contributed by atoms with Crippen molar-refractivity contribution in [1.82, 2.24) is 4.90 Å². The minimum Gasteiger partial charge on any atom is -0.397 e. The molecule has 18 heavy (non-hydrogen) atoms. The van der Waals surface area contributed by atoms with E-state index in [9.17, 15) is 4.39 Å². The molecule has 1 fully saturated rings. The molecular weight excluding hydrogens is 297 g/mol. The molecule has 1 aromatic rings. The Kier molecular flexibility index (Phi) is 4.12. The molecule has 1 aliphatic heterocycles. The molecule has 1 aliphatic rings. The number of likely N-dealkylation sites (tertiary alicyclic amines) is 1. The minimum atomic E-state index is -0.324. The van der Waals surface area contributed by atoms with Gasteiger partial charge < -0.3 is 16.0 Å². The first-order valence-electron chi connectivity index (χ1n) is 6.18. The first-order chi connectivity index (χ1) is 8.47. The molecule has 2 rings (SSSR count). The average molecular weight is 316 g/mol. The number of anilines is 2. The molecule has 2 unspecified atom stereocenters. The molecule has 0 bridgehead atoms. The van der Waals surface area contributed by atoms with Crippen molar-refractivity contribution >= 4 is 27.3 Å². The van der Waals surface area contributed by atoms with Crippen LogP contribution in [0.4, 0.5) is 15.8 Å². The minimum absolute atomic E-state index is 0.324. The number of hydrogen-bond acceptors (Lipinski definition) is 3. The zero-order chi connectivity index (χ0) is 13.3. The van der Waals surface area contributed by atoms with E-state index < -0.39 is 0 Å². The monoisotopic (exact) mass is 315 g/mol. The van der Waals surface area contributed by atoms with Gasteiger partial charge in [0, 0.05) is 24.7 Å². The van der Waals surface area contributed by atoms with Gasteiger partial charge in [0.1, 0.15) is 5.82 Å². The van der Waals surface area contributed by atoms with E-state index in [0.717, 1.165) is 25.1 Å². The molecule has 1 aromatic carbocycles. The fourth-order valence-corrected chi connectivity index (χ4v) is 2.67. The van der Waals surface area contributed by atoms with Gasteiger partial charge in [-0.15, -0.1) is 0 Å². The van der Waals surface area contributed by atoms with Gasteiger partial charge in [0.25, 0.3) is 0 Å². The van der Waals surface area contributed by atoms with Crippen molar-refractivity contribution in [3.05, 3.63) is 22.4 Å². The standard InChI is InChI=1S/C13H19BrFN3/c1-8-5-9(3-4-18(8)2)17-13-6-10(14)11(15)7-12(13)16/h6-9,17H,3-5,16H2,1-2H3. The summed E-state index contributed by atoms with van der Waals surface area (Å²) in [5.74, 6) is -0.324. The molecule has 0 aromatic heterocycles. The van der Waals surface area contributed by atoms with Crippen molar-refractivity contribution in [2.24, 2.45) is 0 Å². The molecule has 0 radical (unpaired) electrons. The SMILES string of the molecule is CC1CC(Nc2cc(Br)c(F)cc2N)CCN1C. The van der Waals surface area contributed by atoms with Gasteiger partial charge in [0.15, 0.2) is 0 Å². The first-order valence-corrected chi connectivity index (χ1v) is 6.98. The lowest BCUT2D eigenvalue weighted by Gasteiger charge is -2.36. The normalized spacial score (nSPS) is 25.1. The molecule has 0 aliphatic carbocycles. The molecule has 0 spiro atoms. The van der Waals surface area contributed by atoms with Crippen LogP contribution >= 0.6 is 15.9 Å². The van der Waals surface area contributed by atoms with Crippen molar-refractivity contribution in [3.63, 3.8) is 0 Å². The third kappa shape index (κ3) is 2.95. The summed E-state index contributed by atoms with van der Waals surface area (Å²) in [6.07, 6.45) is 2.15. The Morgan fingerprint density at radius 1 is 1.50 bits per heavy atom. The van der Waals surface area contributed by atoms with Crippen LogP contribution in [0.3, 0.4) is 0 Å². The highest BCUT2D eigenvalue weighted by Crippen LogP contribution is 2.29. The summed E-state index contributed by atoms with van der Waals surface area (Å²) < 4.78 is 13.7. The average Bonchev–Trinajstić information content (AvgIpc) is 2.31. The quantitative estimate of drug-likeness (QED) is 0.824. The molecule has 3 nitrogen and oxygen atoms in total. The second-order valence-electron chi connectivity index (χ2n) is 5.05. The Hall–Kier alpha value is -0.810. The van der Waals surface area contributed by atoms with Crippen LogP contribution < -0.4 is 11.1 Å². The van der Waals surface area contributed by atoms with Crippen LogP contribution in [0.25, 0.3) is 0 Å². The maximum absolute atomic E-state index is 13.3. The maximum atomic E-state index is 13.3. The van der Waals surface area contributed by atoms with Gasteiger partial charge in [-0.05, 0) is 48.8 Å². The third-order valence-corrected chi connectivity index (χ3v) is 4.27. The van der Waals surface area contributed by atoms with Gasteiger partial charge in [0.05, 0.1) is 15.8 Å². The number of nitrogens with two attached hydrogens (primary N) is 1. The summed E-state index contributed by atoms with van der Waals surface area (Å²) in [6.45, 7) is 3.29. The second-order valence-corrected chi connectivity index (χ2v) is 5.90. The molecule has 1 saturated heterocycles. The molecule has 100 valence electrons. The van der Waals surface area contributed by atoms with Crippen molar-refractivity contribution in [2.45, 2.75) is 31.8 Å². The lowest BCUT2D eigenvalue weighted by molar-refractivity contribution is 0.190. The van der Waals surface area contributed by atoms with Gasteiger partial charge >= 0.3 is 0 Å². The number of piperidine rings is 1. The van der Waals surface area contributed by atoms with Crippen molar-refractivity contribution < 1.29 is 4.39 Å². The van der Waals surface area contributed by atoms with E-state index in [-0.39, 0.29) is 5.82 Å². The van der Waals surface area contributed by atoms with Crippen LogP contribution in [-0.4, -0.2) is 30.6 Å². The Morgan fingerprint density at radius 2 is 2.22 bits per heavy atom. The van der Waals surface area contributed by atoms with Crippen molar-refractivity contribution in [3.8, 4) is 0 Å². The van der Waals surface area contributed by atoms with E-state index in [1.54, 1.807) is 6.07 Å². The van der Waals surface area contributed by atoms with Crippen LogP contribution in [0.2, 0.25) is 0 Å². The smallest absolute Gasteiger partial charge is 0.139 e. The highest BCUT2D eigenvalue weighted by Gasteiger charge is 2.23. The Labute approximate surface area is 116 Å². The zero-order valence-corrected chi connectivity index (χ0v) is 12.3. The number of rotatable bonds is 2. The molecule has 1 heterocycles. The van der Waals surface area contributed by atoms with Crippen LogP contribution in [0, 0.1) is 5.82 Å². The largest absolute Gasteiger partial charge is 0.397 e. The molecule has 5 heteroatoms. The Bertz CT molecular complexity index is 438. The highest BCUT2D eigenvalue weighted by atomic mass is 79.9. The maximum Gasteiger partial charge on any atom is 0.139 e. The molecule has 0 saturated carbocycles. The number of nitrogens with zero attached hydrogens (tertiary/aromatic N) is 1. The third-order valence-electron chi connectivity index (χ3n) is 3.66. The summed E-state index contributed by atoms with van der Waals surface area (Å²) in [4.78, 5) is 2.35. The number of benzene rings is 1. The fourth-order valence-electron chi connectivity index (χ4n) is 2.33. The van der Waals surface area contributed by atoms with Gasteiger partial charge in [-0.2, -0.15) is 0 Å². The van der Waals surface area contributed by atoms with Crippen LogP contribution in [-0.2, 0) is 0 Å². The van der Waals surface area contributed by atoms with E-state index in [1.807, 2.05) is 0 Å². The van der Waals surface area contributed by atoms with Gasteiger partial charge in [-0.1, -0.05) is 0 Å². The predicted octanol–water partition coefficient (Wildman–Crippen LogP) is 3.07. The number of halogens is 2. The molecular formula is C13H19BrFN3. The highest BCUT2D eigenvalue weighted by molar-refractivity contribution is 9.10. The van der Waals surface area contributed by atoms with E-state index >= 15 is 0 Å². The number of nitrogens with one attached hydrogen (secondary N) is 1. The summed E-state index contributed by atoms with van der Waals surface area (Å²) in [5.41, 5.74) is 7.11. The van der Waals surface area contributed by atoms with Gasteiger partial charge in [-0.3, -0.25) is 0 Å². The van der Waals surface area contributed by atoms with E-state index in [2.05, 4.69) is 40.1 Å². The summed E-state index contributed by atoms with van der Waals surface area (Å²) in [7, 11) is 2.14. The summed E-state index contributed by atoms with van der Waals surface area (Å²) in [5, 5.41) is 3.42. The van der Waals surface area contributed by atoms with E-state index in [4.69, 9.17) is 5.73 Å². The topological polar surface area (TPSA) is 41.3 Å². The van der Waals surface area contributed by atoms with Gasteiger partial charge in [-0.25, -0.2) is 4.39 Å². The van der Waals surface area contributed by atoms with E-state index in [0.29, 0.717) is 22.2 Å². The molecule has 2 atom stereocenters. The molecule has 3 N–H and O–H groups in total. The van der Waals surface area contributed by atoms with E-state index in [1.165, 1.54) is 6.07 Å². The van der Waals surface area contributed by atoms with Crippen LogP contribution in [0.5, 0.6) is 0 Å². The van der Waals surface area contributed by atoms with Crippen molar-refractivity contribution in [1.29, 1.82) is 0 Å². The Morgan fingerprint density at radius 3 is 2.89 bits per heavy atom. The number of hydrogen-bond donors (Lipinski definition) is 2. The Balaban J connectivity index is 2.08. The summed E-state index contributed by atoms with van der Waals surface area (Å²) >= 11 is 3.19. The predicted molar refractivity (Wildman–Crippen MR) is 77.2 cm³/mol. The number of nitrogen functional groups attached to an aromatic ring is 1. The molecule has 0 amide bonds. The zero-order valence-electron chi connectivity index (χ0n) is 10.7. The summed E-state index contributed by atoms with van der Waals surface area (Å²) in [6, 6.07) is 4.02. The first kappa shape index (κ1) is 13.6. The van der Waals surface area contributed by atoms with Crippen LogP contribution in [0.1, 0.15) is 19.8 Å². The van der Waals surface area contributed by atoms with Crippen LogP contribution in [0.15, 0.2) is 16.6 Å². The van der Waals surface area contributed by atoms with Crippen molar-refractivity contribution in [2.75, 3.05) is 24.6 Å². The van der Waals surface area contributed by atoms with Gasteiger partial charge in [0.2, 0.25) is 0 Å². The second kappa shape index (κ2) is 5.45. The fraction of sp³-hybridized carbons (Fsp3) is 0.538. The lowest BCUT2D eigenvalue weighted by Crippen LogP contribution is -2.42. The lowest BCUT2D eigenvalue weighted by atomic mass is 9.98.